The molecule has 3 rings (SSSR count). The fourth-order valence-electron chi connectivity index (χ4n) is 2.33. The van der Waals surface area contributed by atoms with E-state index in [0.29, 0.717) is 6.10 Å². The Labute approximate surface area is 120 Å². The Kier molecular flexibility index (Phi) is 3.97. The van der Waals surface area contributed by atoms with Crippen LogP contribution in [0.3, 0.4) is 0 Å². The molecule has 0 amide bonds. The molecule has 3 nitrogen and oxygen atoms in total. The van der Waals surface area contributed by atoms with Crippen LogP contribution in [0.2, 0.25) is 0 Å². The Morgan fingerprint density at radius 3 is 2.70 bits per heavy atom. The molecule has 0 saturated heterocycles. The second kappa shape index (κ2) is 6.06. The summed E-state index contributed by atoms with van der Waals surface area (Å²) in [7, 11) is 0. The van der Waals surface area contributed by atoms with Gasteiger partial charge in [-0.25, -0.2) is 0 Å². The molecule has 1 aliphatic rings. The van der Waals surface area contributed by atoms with Gasteiger partial charge in [0, 0.05) is 12.4 Å². The van der Waals surface area contributed by atoms with Crippen LogP contribution in [0.15, 0.2) is 48.8 Å². The SMILES string of the molecule is CCNC(c1ccncc1)c1cccc(OC2CC2)c1. The minimum atomic E-state index is 0.186. The molecule has 0 radical (unpaired) electrons. The average Bonchev–Trinajstić information content (AvgIpc) is 3.30. The molecule has 0 aliphatic heterocycles. The second-order valence-electron chi connectivity index (χ2n) is 5.16. The molecule has 20 heavy (non-hydrogen) atoms. The first-order valence-electron chi connectivity index (χ1n) is 7.26. The first-order chi connectivity index (χ1) is 9.86. The summed E-state index contributed by atoms with van der Waals surface area (Å²) in [5, 5.41) is 3.53. The maximum atomic E-state index is 5.89. The predicted octanol–water partition coefficient (Wildman–Crippen LogP) is 3.32. The number of hydrogen-bond donors (Lipinski definition) is 1. The van der Waals surface area contributed by atoms with Gasteiger partial charge in [0.15, 0.2) is 0 Å². The van der Waals surface area contributed by atoms with Gasteiger partial charge < -0.3 is 10.1 Å². The summed E-state index contributed by atoms with van der Waals surface area (Å²) in [5.74, 6) is 0.974. The molecular weight excluding hydrogens is 248 g/mol. The van der Waals surface area contributed by atoms with Crippen molar-refractivity contribution >= 4 is 0 Å². The summed E-state index contributed by atoms with van der Waals surface area (Å²) in [6, 6.07) is 12.7. The van der Waals surface area contributed by atoms with Crippen LogP contribution in [0.5, 0.6) is 5.75 Å². The van der Waals surface area contributed by atoms with Gasteiger partial charge in [0.1, 0.15) is 5.75 Å². The zero-order chi connectivity index (χ0) is 13.8. The lowest BCUT2D eigenvalue weighted by atomic mass is 9.99. The molecule has 1 fully saturated rings. The number of pyridine rings is 1. The van der Waals surface area contributed by atoms with Crippen molar-refractivity contribution in [2.75, 3.05) is 6.54 Å². The van der Waals surface area contributed by atoms with Crippen LogP contribution in [0.1, 0.15) is 36.9 Å². The highest BCUT2D eigenvalue weighted by Crippen LogP contribution is 2.29. The summed E-state index contributed by atoms with van der Waals surface area (Å²) in [6.45, 7) is 3.04. The Balaban J connectivity index is 1.86. The lowest BCUT2D eigenvalue weighted by Gasteiger charge is -2.19. The predicted molar refractivity (Wildman–Crippen MR) is 79.8 cm³/mol. The number of nitrogens with one attached hydrogen (secondary N) is 1. The summed E-state index contributed by atoms with van der Waals surface area (Å²) in [5.41, 5.74) is 2.46. The van der Waals surface area contributed by atoms with Crippen LogP contribution < -0.4 is 10.1 Å². The van der Waals surface area contributed by atoms with E-state index in [2.05, 4.69) is 47.6 Å². The van der Waals surface area contributed by atoms with Gasteiger partial charge in [0.25, 0.3) is 0 Å². The zero-order valence-corrected chi connectivity index (χ0v) is 11.8. The van der Waals surface area contributed by atoms with E-state index in [1.54, 1.807) is 0 Å². The number of hydrogen-bond acceptors (Lipinski definition) is 3. The number of benzene rings is 1. The number of rotatable bonds is 6. The molecule has 1 atom stereocenters. The highest BCUT2D eigenvalue weighted by Gasteiger charge is 2.23. The van der Waals surface area contributed by atoms with Gasteiger partial charge in [0.05, 0.1) is 12.1 Å². The molecular formula is C17H20N2O. The molecule has 1 heterocycles. The molecule has 1 aromatic carbocycles. The highest BCUT2D eigenvalue weighted by atomic mass is 16.5. The molecule has 1 aliphatic carbocycles. The summed E-state index contributed by atoms with van der Waals surface area (Å²) in [4.78, 5) is 4.09. The minimum Gasteiger partial charge on any atom is -0.490 e. The van der Waals surface area contributed by atoms with Crippen LogP contribution in [0.25, 0.3) is 0 Å². The third-order valence-corrected chi connectivity index (χ3v) is 3.47. The van der Waals surface area contributed by atoms with E-state index in [9.17, 15) is 0 Å². The minimum absolute atomic E-state index is 0.186. The van der Waals surface area contributed by atoms with Crippen molar-refractivity contribution < 1.29 is 4.74 Å². The molecule has 1 saturated carbocycles. The van der Waals surface area contributed by atoms with E-state index < -0.39 is 0 Å². The molecule has 0 bridgehead atoms. The van der Waals surface area contributed by atoms with Gasteiger partial charge in [-0.2, -0.15) is 0 Å². The maximum Gasteiger partial charge on any atom is 0.120 e. The van der Waals surface area contributed by atoms with E-state index in [1.165, 1.54) is 24.0 Å². The van der Waals surface area contributed by atoms with Crippen molar-refractivity contribution in [3.63, 3.8) is 0 Å². The highest BCUT2D eigenvalue weighted by molar-refractivity contribution is 5.36. The van der Waals surface area contributed by atoms with E-state index in [4.69, 9.17) is 4.74 Å². The number of ether oxygens (including phenoxy) is 1. The van der Waals surface area contributed by atoms with Gasteiger partial charge in [-0.1, -0.05) is 19.1 Å². The van der Waals surface area contributed by atoms with Gasteiger partial charge in [0.2, 0.25) is 0 Å². The normalized spacial score (nSPS) is 15.8. The van der Waals surface area contributed by atoms with E-state index in [1.807, 2.05) is 18.5 Å². The Morgan fingerprint density at radius 1 is 1.20 bits per heavy atom. The van der Waals surface area contributed by atoms with Crippen molar-refractivity contribution in [3.05, 3.63) is 59.9 Å². The topological polar surface area (TPSA) is 34.2 Å². The van der Waals surface area contributed by atoms with E-state index in [-0.39, 0.29) is 6.04 Å². The lowest BCUT2D eigenvalue weighted by Crippen LogP contribution is -2.22. The molecule has 2 aromatic rings. The lowest BCUT2D eigenvalue weighted by molar-refractivity contribution is 0.302. The molecule has 1 N–H and O–H groups in total. The van der Waals surface area contributed by atoms with Gasteiger partial charge in [-0.15, -0.1) is 0 Å². The summed E-state index contributed by atoms with van der Waals surface area (Å²) < 4.78 is 5.89. The third-order valence-electron chi connectivity index (χ3n) is 3.47. The van der Waals surface area contributed by atoms with Crippen molar-refractivity contribution in [2.24, 2.45) is 0 Å². The Morgan fingerprint density at radius 2 is 2.00 bits per heavy atom. The van der Waals surface area contributed by atoms with Gasteiger partial charge in [-0.3, -0.25) is 4.98 Å². The van der Waals surface area contributed by atoms with E-state index in [0.717, 1.165) is 12.3 Å². The Bertz CT molecular complexity index is 552. The first kappa shape index (κ1) is 13.1. The fraction of sp³-hybridized carbons (Fsp3) is 0.353. The molecule has 1 unspecified atom stereocenters. The standard InChI is InChI=1S/C17H20N2O/c1-2-19-17(13-8-10-18-11-9-13)14-4-3-5-16(12-14)20-15-6-7-15/h3-5,8-12,15,17,19H,2,6-7H2,1H3. The van der Waals surface area contributed by atoms with E-state index >= 15 is 0 Å². The first-order valence-corrected chi connectivity index (χ1v) is 7.26. The van der Waals surface area contributed by atoms with Crippen LogP contribution in [0, 0.1) is 0 Å². The van der Waals surface area contributed by atoms with Crippen LogP contribution >= 0.6 is 0 Å². The van der Waals surface area contributed by atoms with Crippen LogP contribution in [0.4, 0.5) is 0 Å². The van der Waals surface area contributed by atoms with Crippen molar-refractivity contribution in [1.82, 2.24) is 10.3 Å². The average molecular weight is 268 g/mol. The zero-order valence-electron chi connectivity index (χ0n) is 11.8. The molecule has 3 heteroatoms. The number of aromatic nitrogens is 1. The van der Waals surface area contributed by atoms with Crippen molar-refractivity contribution in [3.8, 4) is 5.75 Å². The monoisotopic (exact) mass is 268 g/mol. The Hall–Kier alpha value is -1.87. The summed E-state index contributed by atoms with van der Waals surface area (Å²) >= 11 is 0. The smallest absolute Gasteiger partial charge is 0.120 e. The third kappa shape index (κ3) is 3.17. The maximum absolute atomic E-state index is 5.89. The molecule has 1 aromatic heterocycles. The molecule has 0 spiro atoms. The van der Waals surface area contributed by atoms with Crippen molar-refractivity contribution in [2.45, 2.75) is 31.9 Å². The van der Waals surface area contributed by atoms with Crippen LogP contribution in [-0.4, -0.2) is 17.6 Å². The largest absolute Gasteiger partial charge is 0.490 e. The molecule has 104 valence electrons. The summed E-state index contributed by atoms with van der Waals surface area (Å²) in [6.07, 6.45) is 6.48. The van der Waals surface area contributed by atoms with Crippen molar-refractivity contribution in [1.29, 1.82) is 0 Å². The quantitative estimate of drug-likeness (QED) is 0.872. The fourth-order valence-corrected chi connectivity index (χ4v) is 2.33. The second-order valence-corrected chi connectivity index (χ2v) is 5.16. The number of nitrogens with zero attached hydrogens (tertiary/aromatic N) is 1. The van der Waals surface area contributed by atoms with Gasteiger partial charge in [-0.05, 0) is 54.8 Å². The van der Waals surface area contributed by atoms with Gasteiger partial charge >= 0.3 is 0 Å². The van der Waals surface area contributed by atoms with Crippen LogP contribution in [-0.2, 0) is 0 Å².